The Bertz CT molecular complexity index is 1130. The van der Waals surface area contributed by atoms with E-state index >= 15 is 0 Å². The van der Waals surface area contributed by atoms with E-state index in [1.165, 1.54) is 11.1 Å². The number of hydrogen-bond acceptors (Lipinski definition) is 7. The number of anilines is 1. The molecule has 0 aromatic heterocycles. The highest BCUT2D eigenvalue weighted by Crippen LogP contribution is 2.36. The molecule has 2 fully saturated rings. The summed E-state index contributed by atoms with van der Waals surface area (Å²) < 4.78 is 5.66. The molecule has 0 spiro atoms. The van der Waals surface area contributed by atoms with Gasteiger partial charge in [-0.3, -0.25) is 14.4 Å². The van der Waals surface area contributed by atoms with Gasteiger partial charge in [0, 0.05) is 24.5 Å². The molecule has 3 amide bonds. The monoisotopic (exact) mass is 495 g/mol. The normalized spacial score (nSPS) is 25.8. The Morgan fingerprint density at radius 2 is 2.03 bits per heavy atom. The van der Waals surface area contributed by atoms with Crippen LogP contribution in [0.4, 0.5) is 5.69 Å². The van der Waals surface area contributed by atoms with E-state index in [2.05, 4.69) is 10.7 Å². The number of aliphatic hydroxyl groups is 1. The van der Waals surface area contributed by atoms with Crippen LogP contribution >= 0.6 is 0 Å². The van der Waals surface area contributed by atoms with Crippen LogP contribution in [0, 0.1) is 11.8 Å². The molecule has 3 unspecified atom stereocenters. The first-order valence-corrected chi connectivity index (χ1v) is 12.6. The quantitative estimate of drug-likeness (QED) is 0.406. The number of fused-ring (bicyclic) bond motifs is 2. The minimum Gasteiger partial charge on any atom is -0.494 e. The van der Waals surface area contributed by atoms with Crippen LogP contribution in [0.3, 0.4) is 0 Å². The first-order valence-electron chi connectivity index (χ1n) is 12.6. The fraction of sp³-hybridized carbons (Fsp3) is 0.500. The number of amides is 3. The van der Waals surface area contributed by atoms with Crippen molar-refractivity contribution < 1.29 is 24.2 Å². The maximum atomic E-state index is 13.4. The van der Waals surface area contributed by atoms with Crippen molar-refractivity contribution in [2.24, 2.45) is 11.8 Å². The molecule has 3 aliphatic heterocycles. The number of benzene rings is 1. The molecule has 1 aromatic carbocycles. The Balaban J connectivity index is 1.42. The zero-order valence-corrected chi connectivity index (χ0v) is 20.8. The summed E-state index contributed by atoms with van der Waals surface area (Å²) in [6.07, 6.45) is 4.50. The fourth-order valence-electron chi connectivity index (χ4n) is 5.04. The predicted octanol–water partition coefficient (Wildman–Crippen LogP) is 1.67. The van der Waals surface area contributed by atoms with Gasteiger partial charge in [0.05, 0.1) is 12.2 Å². The summed E-state index contributed by atoms with van der Waals surface area (Å²) in [6, 6.07) is 7.26. The van der Waals surface area contributed by atoms with E-state index in [4.69, 9.17) is 4.74 Å². The van der Waals surface area contributed by atoms with Gasteiger partial charge in [-0.25, -0.2) is 10.4 Å². The smallest absolute Gasteiger partial charge is 0.280 e. The first kappa shape index (κ1) is 24.2. The second-order valence-corrected chi connectivity index (χ2v) is 10.2. The Kier molecular flexibility index (Phi) is 6.38. The molecule has 1 saturated heterocycles. The lowest BCUT2D eigenvalue weighted by molar-refractivity contribution is -0.142. The number of ether oxygens (including phenoxy) is 1. The highest BCUT2D eigenvalue weighted by molar-refractivity contribution is 6.19. The number of para-hydroxylation sites is 2. The van der Waals surface area contributed by atoms with Crippen LogP contribution in [0.1, 0.15) is 33.6 Å². The van der Waals surface area contributed by atoms with Gasteiger partial charge in [0.15, 0.2) is 5.57 Å². The van der Waals surface area contributed by atoms with Crippen molar-refractivity contribution in [3.63, 3.8) is 0 Å². The SMILES string of the molecule is CC(C)CN1C(O)=C(C(=O)NC2CC2)C(=O)N2NC(C)C(/C=C/C(=O)N3CCOc4ccccc43)C12. The third kappa shape index (κ3) is 4.41. The fourth-order valence-corrected chi connectivity index (χ4v) is 5.04. The number of aliphatic hydroxyl groups excluding tert-OH is 1. The van der Waals surface area contributed by atoms with Gasteiger partial charge in [-0.05, 0) is 43.9 Å². The van der Waals surface area contributed by atoms with Crippen LogP contribution in [0.25, 0.3) is 0 Å². The molecule has 10 heteroatoms. The van der Waals surface area contributed by atoms with Crippen LogP contribution in [-0.2, 0) is 14.4 Å². The molecule has 3 N–H and O–H groups in total. The van der Waals surface area contributed by atoms with Crippen LogP contribution in [-0.4, -0.2) is 70.7 Å². The first-order chi connectivity index (χ1) is 17.3. The van der Waals surface area contributed by atoms with E-state index in [9.17, 15) is 19.5 Å². The van der Waals surface area contributed by atoms with Gasteiger partial charge in [0.2, 0.25) is 5.88 Å². The molecule has 10 nitrogen and oxygen atoms in total. The van der Waals surface area contributed by atoms with Crippen LogP contribution in [0.15, 0.2) is 47.9 Å². The van der Waals surface area contributed by atoms with Crippen molar-refractivity contribution in [3.8, 4) is 5.75 Å². The average Bonchev–Trinajstić information content (AvgIpc) is 3.60. The summed E-state index contributed by atoms with van der Waals surface area (Å²) >= 11 is 0. The average molecular weight is 496 g/mol. The van der Waals surface area contributed by atoms with E-state index < -0.39 is 18.0 Å². The van der Waals surface area contributed by atoms with Crippen molar-refractivity contribution in [2.45, 2.75) is 51.9 Å². The summed E-state index contributed by atoms with van der Waals surface area (Å²) in [5.74, 6) is -1.09. The zero-order valence-electron chi connectivity index (χ0n) is 20.8. The van der Waals surface area contributed by atoms with E-state index in [0.29, 0.717) is 25.4 Å². The van der Waals surface area contributed by atoms with E-state index in [-0.39, 0.29) is 41.3 Å². The number of nitrogens with one attached hydrogen (secondary N) is 2. The summed E-state index contributed by atoms with van der Waals surface area (Å²) in [7, 11) is 0. The van der Waals surface area contributed by atoms with Crippen LogP contribution < -0.4 is 20.4 Å². The molecule has 1 saturated carbocycles. The van der Waals surface area contributed by atoms with Gasteiger partial charge < -0.3 is 25.0 Å². The number of carbonyl (C=O) groups is 3. The lowest BCUT2D eigenvalue weighted by Crippen LogP contribution is -2.59. The third-order valence-electron chi connectivity index (χ3n) is 6.93. The zero-order chi connectivity index (χ0) is 25.6. The largest absolute Gasteiger partial charge is 0.494 e. The summed E-state index contributed by atoms with van der Waals surface area (Å²) in [4.78, 5) is 42.7. The highest BCUT2D eigenvalue weighted by Gasteiger charge is 2.51. The lowest BCUT2D eigenvalue weighted by atomic mass is 9.95. The van der Waals surface area contributed by atoms with Crippen molar-refractivity contribution in [3.05, 3.63) is 47.9 Å². The number of nitrogens with zero attached hydrogens (tertiary/aromatic N) is 3. The Hall–Kier alpha value is -3.53. The van der Waals surface area contributed by atoms with Crippen molar-refractivity contribution in [2.75, 3.05) is 24.6 Å². The molecular weight excluding hydrogens is 462 g/mol. The van der Waals surface area contributed by atoms with Gasteiger partial charge in [0.1, 0.15) is 18.5 Å². The van der Waals surface area contributed by atoms with Crippen molar-refractivity contribution >= 4 is 23.4 Å². The number of carbonyl (C=O) groups excluding carboxylic acids is 3. The van der Waals surface area contributed by atoms with Crippen LogP contribution in [0.2, 0.25) is 0 Å². The second kappa shape index (κ2) is 9.50. The molecule has 192 valence electrons. The number of hydrazine groups is 1. The van der Waals surface area contributed by atoms with Gasteiger partial charge in [-0.15, -0.1) is 0 Å². The predicted molar refractivity (Wildman–Crippen MR) is 133 cm³/mol. The maximum absolute atomic E-state index is 13.4. The number of rotatable bonds is 6. The number of hydrogen-bond donors (Lipinski definition) is 3. The molecule has 3 heterocycles. The molecule has 4 aliphatic rings. The van der Waals surface area contributed by atoms with Gasteiger partial charge in [-0.2, -0.15) is 0 Å². The van der Waals surface area contributed by atoms with E-state index in [1.54, 1.807) is 15.9 Å². The highest BCUT2D eigenvalue weighted by atomic mass is 16.5. The summed E-state index contributed by atoms with van der Waals surface area (Å²) in [5.41, 5.74) is 3.65. The minimum atomic E-state index is -0.576. The molecule has 0 bridgehead atoms. The molecule has 1 aliphatic carbocycles. The molecule has 3 atom stereocenters. The maximum Gasteiger partial charge on any atom is 0.280 e. The van der Waals surface area contributed by atoms with Crippen molar-refractivity contribution in [1.82, 2.24) is 20.7 Å². The Labute approximate surface area is 210 Å². The van der Waals surface area contributed by atoms with E-state index in [0.717, 1.165) is 18.5 Å². The van der Waals surface area contributed by atoms with Crippen LogP contribution in [0.5, 0.6) is 5.75 Å². The Morgan fingerprint density at radius 3 is 2.75 bits per heavy atom. The van der Waals surface area contributed by atoms with Crippen molar-refractivity contribution in [1.29, 1.82) is 0 Å². The molecule has 0 radical (unpaired) electrons. The molecule has 1 aromatic rings. The minimum absolute atomic E-state index is 0.0549. The van der Waals surface area contributed by atoms with Gasteiger partial charge in [-0.1, -0.05) is 32.1 Å². The summed E-state index contributed by atoms with van der Waals surface area (Å²) in [6.45, 7) is 7.22. The molecular formula is C26H33N5O5. The third-order valence-corrected chi connectivity index (χ3v) is 6.93. The molecule has 5 rings (SSSR count). The molecule has 36 heavy (non-hydrogen) atoms. The Morgan fingerprint density at radius 1 is 1.28 bits per heavy atom. The second-order valence-electron chi connectivity index (χ2n) is 10.2. The summed E-state index contributed by atoms with van der Waals surface area (Å²) in [5, 5.41) is 15.4. The van der Waals surface area contributed by atoms with Gasteiger partial charge >= 0.3 is 0 Å². The van der Waals surface area contributed by atoms with Gasteiger partial charge in [0.25, 0.3) is 17.7 Å². The topological polar surface area (TPSA) is 114 Å². The van der Waals surface area contributed by atoms with E-state index in [1.807, 2.05) is 45.0 Å². The standard InChI is InChI=1S/C26H33N5O5/c1-15(2)14-30-24-18(10-11-21(32)29-12-13-36-20-7-5-4-6-19(20)29)16(3)28-31(24)26(35)22(25(30)34)23(33)27-17-8-9-17/h4-7,10-11,15-18,24,28,34H,8-9,12-14H2,1-3H3,(H,27,33)/b11-10+. The lowest BCUT2D eigenvalue weighted by Gasteiger charge is -2.42.